The zero-order chi connectivity index (χ0) is 23.5. The highest BCUT2D eigenvalue weighted by Gasteiger charge is 2.10. The third-order valence-electron chi connectivity index (χ3n) is 5.76. The number of aromatic nitrogens is 1. The van der Waals surface area contributed by atoms with Gasteiger partial charge in [0, 0.05) is 23.7 Å². The summed E-state index contributed by atoms with van der Waals surface area (Å²) in [5.74, 6) is 1.80. The van der Waals surface area contributed by atoms with Gasteiger partial charge >= 0.3 is 0 Å². The molecule has 2 heterocycles. The molecule has 5 rings (SSSR count). The minimum Gasteiger partial charge on any atom is -0.457 e. The number of hydrogen-bond acceptors (Lipinski definition) is 4. The lowest BCUT2D eigenvalue weighted by molar-refractivity contribution is -0.116. The fraction of sp³-hybridized carbons (Fsp3) is 0.103. The molecule has 0 spiro atoms. The Labute approximate surface area is 197 Å². The monoisotopic (exact) mass is 448 g/mol. The molecule has 0 aliphatic carbocycles. The number of carbonyl (C=O) groups is 1. The molecule has 5 heteroatoms. The van der Waals surface area contributed by atoms with Crippen LogP contribution in [0.15, 0.2) is 93.8 Å². The number of aryl methyl sites for hydroxylation is 2. The molecule has 0 fully saturated rings. The van der Waals surface area contributed by atoms with Crippen LogP contribution in [-0.2, 0) is 11.3 Å². The quantitative estimate of drug-likeness (QED) is 0.293. The standard InChI is InChI=1S/C29H24N2O3/c1-19-16-25-27(17-20(19)2)34-29(31-25)23-10-8-21(9-11-23)18-30-28(32)15-13-24-12-14-26(33-24)22-6-4-3-5-7-22/h3-17H,18H2,1-2H3,(H,30,32)/b15-13+. The van der Waals surface area contributed by atoms with E-state index in [0.717, 1.165) is 33.6 Å². The van der Waals surface area contributed by atoms with Crippen LogP contribution in [0.1, 0.15) is 22.5 Å². The average Bonchev–Trinajstić information content (AvgIpc) is 3.50. The molecule has 0 aliphatic heterocycles. The number of carbonyl (C=O) groups excluding carboxylic acids is 1. The topological polar surface area (TPSA) is 68.3 Å². The molecule has 0 bridgehead atoms. The van der Waals surface area contributed by atoms with Crippen molar-refractivity contribution in [3.05, 3.63) is 107 Å². The predicted octanol–water partition coefficient (Wildman–Crippen LogP) is 6.70. The van der Waals surface area contributed by atoms with Crippen molar-refractivity contribution in [1.82, 2.24) is 10.3 Å². The number of nitrogens with zero attached hydrogens (tertiary/aromatic N) is 1. The van der Waals surface area contributed by atoms with Gasteiger partial charge in [0.15, 0.2) is 5.58 Å². The first-order valence-electron chi connectivity index (χ1n) is 11.1. The largest absolute Gasteiger partial charge is 0.457 e. The van der Waals surface area contributed by atoms with Gasteiger partial charge in [0.05, 0.1) is 0 Å². The van der Waals surface area contributed by atoms with Crippen LogP contribution in [0.25, 0.3) is 40.0 Å². The van der Waals surface area contributed by atoms with E-state index in [-0.39, 0.29) is 5.91 Å². The maximum absolute atomic E-state index is 12.2. The van der Waals surface area contributed by atoms with Gasteiger partial charge in [-0.05, 0) is 73.0 Å². The molecule has 1 N–H and O–H groups in total. The summed E-state index contributed by atoms with van der Waals surface area (Å²) in [5.41, 5.74) is 6.89. The van der Waals surface area contributed by atoms with E-state index in [2.05, 4.69) is 24.1 Å². The number of oxazole rings is 1. The first-order valence-corrected chi connectivity index (χ1v) is 11.1. The van der Waals surface area contributed by atoms with E-state index in [9.17, 15) is 4.79 Å². The van der Waals surface area contributed by atoms with Crippen LogP contribution in [-0.4, -0.2) is 10.9 Å². The number of rotatable bonds is 6. The maximum atomic E-state index is 12.2. The highest BCUT2D eigenvalue weighted by molar-refractivity contribution is 5.91. The molecule has 0 unspecified atom stereocenters. The summed E-state index contributed by atoms with van der Waals surface area (Å²) in [6.07, 6.45) is 3.14. The first-order chi connectivity index (χ1) is 16.5. The van der Waals surface area contributed by atoms with Gasteiger partial charge in [0.1, 0.15) is 17.0 Å². The van der Waals surface area contributed by atoms with Crippen LogP contribution in [0.3, 0.4) is 0 Å². The van der Waals surface area contributed by atoms with Crippen LogP contribution in [0, 0.1) is 13.8 Å². The zero-order valence-corrected chi connectivity index (χ0v) is 19.0. The van der Waals surface area contributed by atoms with E-state index in [1.54, 1.807) is 6.08 Å². The summed E-state index contributed by atoms with van der Waals surface area (Å²) in [6.45, 7) is 4.55. The van der Waals surface area contributed by atoms with Crippen LogP contribution in [0.5, 0.6) is 0 Å². The number of nitrogens with one attached hydrogen (secondary N) is 1. The van der Waals surface area contributed by atoms with Crippen molar-refractivity contribution >= 4 is 23.1 Å². The van der Waals surface area contributed by atoms with Crippen molar-refractivity contribution in [2.75, 3.05) is 0 Å². The van der Waals surface area contributed by atoms with E-state index in [1.165, 1.54) is 17.2 Å². The lowest BCUT2D eigenvalue weighted by atomic mass is 10.1. The first kappa shape index (κ1) is 21.5. The number of hydrogen-bond donors (Lipinski definition) is 1. The van der Waals surface area contributed by atoms with E-state index in [0.29, 0.717) is 18.2 Å². The van der Waals surface area contributed by atoms with Gasteiger partial charge in [-0.25, -0.2) is 4.98 Å². The molecule has 5 nitrogen and oxygen atoms in total. The smallest absolute Gasteiger partial charge is 0.244 e. The molecular formula is C29H24N2O3. The minimum atomic E-state index is -0.188. The number of amides is 1. The van der Waals surface area contributed by atoms with E-state index < -0.39 is 0 Å². The Morgan fingerprint density at radius 2 is 1.65 bits per heavy atom. The summed E-state index contributed by atoms with van der Waals surface area (Å²) in [7, 11) is 0. The summed E-state index contributed by atoms with van der Waals surface area (Å²) in [4.78, 5) is 16.9. The van der Waals surface area contributed by atoms with Gasteiger partial charge in [-0.3, -0.25) is 4.79 Å². The minimum absolute atomic E-state index is 0.188. The highest BCUT2D eigenvalue weighted by atomic mass is 16.3. The average molecular weight is 449 g/mol. The third kappa shape index (κ3) is 4.69. The maximum Gasteiger partial charge on any atom is 0.244 e. The number of fused-ring (bicyclic) bond motifs is 1. The Morgan fingerprint density at radius 1 is 0.882 bits per heavy atom. The molecule has 0 saturated heterocycles. The molecule has 0 saturated carbocycles. The van der Waals surface area contributed by atoms with E-state index in [4.69, 9.17) is 8.83 Å². The van der Waals surface area contributed by atoms with Crippen molar-refractivity contribution in [1.29, 1.82) is 0 Å². The molecule has 168 valence electrons. The lowest BCUT2D eigenvalue weighted by Gasteiger charge is -2.03. The highest BCUT2D eigenvalue weighted by Crippen LogP contribution is 2.26. The van der Waals surface area contributed by atoms with E-state index >= 15 is 0 Å². The molecule has 0 aliphatic rings. The van der Waals surface area contributed by atoms with Crippen LogP contribution in [0.4, 0.5) is 0 Å². The molecule has 3 aromatic carbocycles. The Balaban J connectivity index is 1.19. The van der Waals surface area contributed by atoms with Gasteiger partial charge < -0.3 is 14.2 Å². The van der Waals surface area contributed by atoms with Crippen LogP contribution >= 0.6 is 0 Å². The summed E-state index contributed by atoms with van der Waals surface area (Å²) in [5, 5.41) is 2.89. The SMILES string of the molecule is Cc1cc2nc(-c3ccc(CNC(=O)/C=C/c4ccc(-c5ccccc5)o4)cc3)oc2cc1C. The molecule has 0 radical (unpaired) electrons. The molecule has 34 heavy (non-hydrogen) atoms. The second kappa shape index (κ2) is 9.24. The third-order valence-corrected chi connectivity index (χ3v) is 5.76. The molecule has 2 aromatic heterocycles. The number of benzene rings is 3. The Morgan fingerprint density at radius 3 is 2.44 bits per heavy atom. The second-order valence-electron chi connectivity index (χ2n) is 8.24. The second-order valence-corrected chi connectivity index (χ2v) is 8.24. The predicted molar refractivity (Wildman–Crippen MR) is 134 cm³/mol. The van der Waals surface area contributed by atoms with Gasteiger partial charge in [0.25, 0.3) is 0 Å². The Kier molecular flexibility index (Phi) is 5.83. The molecule has 5 aromatic rings. The fourth-order valence-corrected chi connectivity index (χ4v) is 3.67. The lowest BCUT2D eigenvalue weighted by Crippen LogP contribution is -2.20. The van der Waals surface area contributed by atoms with Gasteiger partial charge in [-0.15, -0.1) is 0 Å². The molecule has 1 amide bonds. The van der Waals surface area contributed by atoms with Gasteiger partial charge in [-0.1, -0.05) is 42.5 Å². The van der Waals surface area contributed by atoms with Crippen molar-refractivity contribution < 1.29 is 13.6 Å². The number of furan rings is 1. The Hall–Kier alpha value is -4.38. The summed E-state index contributed by atoms with van der Waals surface area (Å²) < 4.78 is 11.7. The molecule has 0 atom stereocenters. The summed E-state index contributed by atoms with van der Waals surface area (Å²) >= 11 is 0. The Bertz CT molecular complexity index is 1440. The van der Waals surface area contributed by atoms with Crippen molar-refractivity contribution in [2.45, 2.75) is 20.4 Å². The van der Waals surface area contributed by atoms with Crippen molar-refractivity contribution in [3.8, 4) is 22.8 Å². The fourth-order valence-electron chi connectivity index (χ4n) is 3.67. The van der Waals surface area contributed by atoms with Gasteiger partial charge in [0.2, 0.25) is 11.8 Å². The van der Waals surface area contributed by atoms with Gasteiger partial charge in [-0.2, -0.15) is 0 Å². The van der Waals surface area contributed by atoms with Crippen LogP contribution < -0.4 is 5.32 Å². The van der Waals surface area contributed by atoms with Crippen molar-refractivity contribution in [3.63, 3.8) is 0 Å². The van der Waals surface area contributed by atoms with E-state index in [1.807, 2.05) is 78.9 Å². The normalized spacial score (nSPS) is 11.4. The van der Waals surface area contributed by atoms with Crippen molar-refractivity contribution in [2.24, 2.45) is 0 Å². The molecular weight excluding hydrogens is 424 g/mol. The van der Waals surface area contributed by atoms with Crippen LogP contribution in [0.2, 0.25) is 0 Å². The zero-order valence-electron chi connectivity index (χ0n) is 19.0. The summed E-state index contributed by atoms with van der Waals surface area (Å²) in [6, 6.07) is 25.5.